The van der Waals surface area contributed by atoms with E-state index in [1.165, 1.54) is 6.08 Å². The van der Waals surface area contributed by atoms with Crippen LogP contribution in [0.25, 0.3) is 12.2 Å². The van der Waals surface area contributed by atoms with E-state index in [0.29, 0.717) is 5.75 Å². The number of fused-ring (bicyclic) bond motifs is 10. The Morgan fingerprint density at radius 2 is 1.63 bits per heavy atom. The maximum Gasteiger partial charge on any atom is 0.247 e. The summed E-state index contributed by atoms with van der Waals surface area (Å²) < 4.78 is 6.22. The van der Waals surface area contributed by atoms with Crippen molar-refractivity contribution in [2.45, 2.75) is 45.9 Å². The van der Waals surface area contributed by atoms with Gasteiger partial charge in [-0.2, -0.15) is 0 Å². The smallest absolute Gasteiger partial charge is 0.247 e. The van der Waals surface area contributed by atoms with E-state index < -0.39 is 30.0 Å². The van der Waals surface area contributed by atoms with Gasteiger partial charge in [-0.3, -0.25) is 14.4 Å². The second kappa shape index (κ2) is 12.0. The topological polar surface area (TPSA) is 96.5 Å². The number of amides is 3. The van der Waals surface area contributed by atoms with Crippen LogP contribution in [0.15, 0.2) is 66.9 Å². The number of hydrogen-bond acceptors (Lipinski definition) is 4. The highest BCUT2D eigenvalue weighted by molar-refractivity contribution is 5.97. The van der Waals surface area contributed by atoms with Crippen molar-refractivity contribution in [3.05, 3.63) is 78.0 Å². The Balaban J connectivity index is 1.94. The van der Waals surface area contributed by atoms with E-state index in [-0.39, 0.29) is 17.7 Å². The van der Waals surface area contributed by atoms with Gasteiger partial charge >= 0.3 is 0 Å². The number of benzene rings is 2. The fraction of sp³-hybridized carbons (Fsp3) is 0.321. The van der Waals surface area contributed by atoms with Crippen molar-refractivity contribution in [2.24, 2.45) is 11.8 Å². The summed E-state index contributed by atoms with van der Waals surface area (Å²) in [5, 5.41) is 8.37. The molecule has 0 fully saturated rings. The molecular formula is C28H33N3O4. The average molecular weight is 476 g/mol. The number of carbonyl (C=O) groups excluding carboxylic acids is 3. The lowest BCUT2D eigenvalue weighted by Gasteiger charge is -2.32. The molecule has 0 spiro atoms. The van der Waals surface area contributed by atoms with Crippen LogP contribution in [0.4, 0.5) is 0 Å². The molecule has 2 bridgehead atoms. The molecule has 7 heteroatoms. The van der Waals surface area contributed by atoms with Crippen LogP contribution in [0, 0.1) is 11.8 Å². The maximum atomic E-state index is 13.5. The third kappa shape index (κ3) is 7.30. The lowest BCUT2D eigenvalue weighted by molar-refractivity contribution is -0.134. The molecule has 2 aliphatic heterocycles. The first kappa shape index (κ1) is 25.7. The zero-order chi connectivity index (χ0) is 25.4. The molecule has 2 heterocycles. The van der Waals surface area contributed by atoms with Crippen LogP contribution in [0.3, 0.4) is 0 Å². The molecule has 4 rings (SSSR count). The van der Waals surface area contributed by atoms with Crippen molar-refractivity contribution in [3.8, 4) is 5.75 Å². The first-order chi connectivity index (χ1) is 16.7. The third-order valence-corrected chi connectivity index (χ3v) is 5.69. The fourth-order valence-electron chi connectivity index (χ4n) is 3.73. The molecule has 3 atom stereocenters. The van der Waals surface area contributed by atoms with Crippen molar-refractivity contribution < 1.29 is 19.1 Å². The molecule has 0 saturated heterocycles. The van der Waals surface area contributed by atoms with E-state index in [1.54, 1.807) is 30.5 Å². The van der Waals surface area contributed by atoms with Crippen molar-refractivity contribution in [2.75, 3.05) is 0 Å². The standard InChI is InChI=1S/C28H33N3O4/c1-18(2)24-27(33)29-17-16-21-10-13-22(14-11-21)35-26(19(3)4)25(28(34)31-24)30-23(32)15-12-20-8-6-5-7-9-20/h5-19,24-26H,1-4H3,(H,29,33)(H,30,32)(H,31,34)/b15-12+,17-16-/t24-,25-,26-/m0/s1. The van der Waals surface area contributed by atoms with Crippen LogP contribution in [-0.2, 0) is 14.4 Å². The predicted octanol–water partition coefficient (Wildman–Crippen LogP) is 3.53. The Morgan fingerprint density at radius 1 is 0.943 bits per heavy atom. The van der Waals surface area contributed by atoms with Crippen molar-refractivity contribution in [1.29, 1.82) is 0 Å². The molecule has 7 nitrogen and oxygen atoms in total. The second-order valence-corrected chi connectivity index (χ2v) is 9.20. The van der Waals surface area contributed by atoms with Crippen LogP contribution < -0.4 is 20.7 Å². The molecule has 0 radical (unpaired) electrons. The molecule has 184 valence electrons. The van der Waals surface area contributed by atoms with Gasteiger partial charge in [-0.25, -0.2) is 0 Å². The van der Waals surface area contributed by atoms with Gasteiger partial charge in [0.15, 0.2) is 0 Å². The number of rotatable bonds is 5. The summed E-state index contributed by atoms with van der Waals surface area (Å²) in [7, 11) is 0. The molecule has 35 heavy (non-hydrogen) atoms. The van der Waals surface area contributed by atoms with Gasteiger partial charge in [-0.15, -0.1) is 0 Å². The first-order valence-corrected chi connectivity index (χ1v) is 11.8. The molecule has 3 amide bonds. The quantitative estimate of drug-likeness (QED) is 0.577. The van der Waals surface area contributed by atoms with Gasteiger partial charge in [-0.1, -0.05) is 70.2 Å². The molecule has 0 aliphatic carbocycles. The zero-order valence-electron chi connectivity index (χ0n) is 20.5. The molecule has 3 N–H and O–H groups in total. The average Bonchev–Trinajstić information content (AvgIpc) is 2.83. The van der Waals surface area contributed by atoms with Gasteiger partial charge in [0.1, 0.15) is 23.9 Å². The van der Waals surface area contributed by atoms with E-state index in [0.717, 1.165) is 11.1 Å². The summed E-state index contributed by atoms with van der Waals surface area (Å²) in [6.07, 6.45) is 5.71. The highest BCUT2D eigenvalue weighted by Gasteiger charge is 2.36. The first-order valence-electron chi connectivity index (χ1n) is 11.8. The van der Waals surface area contributed by atoms with Gasteiger partial charge < -0.3 is 20.7 Å². The number of carbonyl (C=O) groups is 3. The largest absolute Gasteiger partial charge is 0.487 e. The van der Waals surface area contributed by atoms with Gasteiger partial charge in [0.25, 0.3) is 0 Å². The van der Waals surface area contributed by atoms with Crippen LogP contribution in [0.5, 0.6) is 5.75 Å². The molecule has 2 aromatic carbocycles. The minimum atomic E-state index is -1.03. The van der Waals surface area contributed by atoms with Gasteiger partial charge in [0.05, 0.1) is 0 Å². The Hall–Kier alpha value is -3.87. The van der Waals surface area contributed by atoms with Crippen LogP contribution >= 0.6 is 0 Å². The monoisotopic (exact) mass is 475 g/mol. The van der Waals surface area contributed by atoms with E-state index in [2.05, 4.69) is 16.0 Å². The summed E-state index contributed by atoms with van der Waals surface area (Å²) in [6, 6.07) is 14.9. The summed E-state index contributed by atoms with van der Waals surface area (Å²) in [5.41, 5.74) is 1.75. The molecule has 2 aliphatic rings. The number of ether oxygens (including phenoxy) is 1. The lowest BCUT2D eigenvalue weighted by Crippen LogP contribution is -2.60. The van der Waals surface area contributed by atoms with Crippen LogP contribution in [-0.4, -0.2) is 35.9 Å². The molecule has 0 aromatic heterocycles. The van der Waals surface area contributed by atoms with Gasteiger partial charge in [0, 0.05) is 12.3 Å². The van der Waals surface area contributed by atoms with E-state index >= 15 is 0 Å². The second-order valence-electron chi connectivity index (χ2n) is 9.20. The minimum Gasteiger partial charge on any atom is -0.487 e. The van der Waals surface area contributed by atoms with E-state index in [4.69, 9.17) is 4.74 Å². The highest BCUT2D eigenvalue weighted by Crippen LogP contribution is 2.21. The summed E-state index contributed by atoms with van der Waals surface area (Å²) in [6.45, 7) is 7.54. The minimum absolute atomic E-state index is 0.122. The fourth-order valence-corrected chi connectivity index (χ4v) is 3.73. The van der Waals surface area contributed by atoms with Crippen molar-refractivity contribution >= 4 is 29.9 Å². The Morgan fingerprint density at radius 3 is 2.26 bits per heavy atom. The Bertz CT molecular complexity index is 1080. The maximum absolute atomic E-state index is 13.5. The summed E-state index contributed by atoms with van der Waals surface area (Å²) in [4.78, 5) is 39.2. The number of nitrogens with one attached hydrogen (secondary N) is 3. The summed E-state index contributed by atoms with van der Waals surface area (Å²) >= 11 is 0. The zero-order valence-corrected chi connectivity index (χ0v) is 20.5. The predicted molar refractivity (Wildman–Crippen MR) is 137 cm³/mol. The van der Waals surface area contributed by atoms with E-state index in [1.807, 2.05) is 70.2 Å². The molecule has 0 saturated carbocycles. The van der Waals surface area contributed by atoms with Crippen LogP contribution in [0.1, 0.15) is 38.8 Å². The molecule has 0 unspecified atom stereocenters. The third-order valence-electron chi connectivity index (χ3n) is 5.69. The Kier molecular flexibility index (Phi) is 8.84. The lowest BCUT2D eigenvalue weighted by atomic mass is 9.96. The summed E-state index contributed by atoms with van der Waals surface area (Å²) in [5.74, 6) is -0.984. The Labute approximate surface area is 206 Å². The molecular weight excluding hydrogens is 442 g/mol. The SMILES string of the molecule is CC(C)[C@@H]1NC(=O)[C@@H](NC(=O)/C=C/c2ccccc2)[C@H](C(C)C)Oc2ccc(cc2)/C=C\NC1=O. The van der Waals surface area contributed by atoms with Crippen molar-refractivity contribution in [3.63, 3.8) is 0 Å². The van der Waals surface area contributed by atoms with Crippen LogP contribution in [0.2, 0.25) is 0 Å². The van der Waals surface area contributed by atoms with Crippen molar-refractivity contribution in [1.82, 2.24) is 16.0 Å². The molecule has 2 aromatic rings. The highest BCUT2D eigenvalue weighted by atomic mass is 16.5. The van der Waals surface area contributed by atoms with Gasteiger partial charge in [0.2, 0.25) is 17.7 Å². The van der Waals surface area contributed by atoms with E-state index in [9.17, 15) is 14.4 Å². The van der Waals surface area contributed by atoms with Gasteiger partial charge in [-0.05, 0) is 47.2 Å². The number of hydrogen-bond donors (Lipinski definition) is 3. The normalized spacial score (nSPS) is 21.8.